The monoisotopic (exact) mass is 356 g/mol. The first-order chi connectivity index (χ1) is 12.9. The maximum Gasteiger partial charge on any atom is 0.119 e. The van der Waals surface area contributed by atoms with Gasteiger partial charge in [0.1, 0.15) is 5.75 Å². The Morgan fingerprint density at radius 3 is 2.46 bits per heavy atom. The van der Waals surface area contributed by atoms with E-state index in [1.807, 2.05) is 0 Å². The molecule has 0 N–H and O–H groups in total. The first kappa shape index (κ1) is 18.3. The first-order valence-corrected chi connectivity index (χ1v) is 11.1. The fourth-order valence-electron chi connectivity index (χ4n) is 4.50. The number of fused-ring (bicyclic) bond motifs is 1. The molecule has 3 nitrogen and oxygen atoms in total. The minimum atomic E-state index is 0.862. The smallest absolute Gasteiger partial charge is 0.119 e. The van der Waals surface area contributed by atoms with Crippen LogP contribution < -0.4 is 4.74 Å². The molecule has 1 aromatic carbocycles. The summed E-state index contributed by atoms with van der Waals surface area (Å²) in [5.41, 5.74) is 3.06. The predicted octanol–water partition coefficient (Wildman–Crippen LogP) is 4.14. The maximum absolute atomic E-state index is 6.07. The molecule has 0 unspecified atom stereocenters. The molecule has 26 heavy (non-hydrogen) atoms. The van der Waals surface area contributed by atoms with Gasteiger partial charge in [-0.25, -0.2) is 0 Å². The van der Waals surface area contributed by atoms with E-state index in [2.05, 4.69) is 28.0 Å². The number of benzene rings is 1. The van der Waals surface area contributed by atoms with E-state index in [1.54, 1.807) is 5.56 Å². The third kappa shape index (κ3) is 5.47. The Kier molecular flexibility index (Phi) is 6.50. The average Bonchev–Trinajstić information content (AvgIpc) is 3.51. The Labute approximate surface area is 159 Å². The molecular weight excluding hydrogens is 320 g/mol. The Bertz CT molecular complexity index is 563. The highest BCUT2D eigenvalue weighted by Gasteiger charge is 2.25. The Morgan fingerprint density at radius 1 is 0.846 bits per heavy atom. The molecule has 2 aliphatic heterocycles. The summed E-state index contributed by atoms with van der Waals surface area (Å²) in [5, 5.41) is 0. The number of likely N-dealkylation sites (tertiary alicyclic amines) is 1. The van der Waals surface area contributed by atoms with Crippen LogP contribution in [0, 0.1) is 5.92 Å². The van der Waals surface area contributed by atoms with Gasteiger partial charge >= 0.3 is 0 Å². The molecule has 1 aromatic rings. The van der Waals surface area contributed by atoms with Gasteiger partial charge < -0.3 is 14.5 Å². The molecule has 1 aliphatic carbocycles. The largest absolute Gasteiger partial charge is 0.494 e. The Balaban J connectivity index is 1.18. The molecule has 1 saturated heterocycles. The average molecular weight is 357 g/mol. The van der Waals surface area contributed by atoms with Crippen LogP contribution in [-0.2, 0) is 12.8 Å². The number of hydrogen-bond donors (Lipinski definition) is 0. The lowest BCUT2D eigenvalue weighted by molar-refractivity contribution is 0.216. The third-order valence-corrected chi connectivity index (χ3v) is 6.37. The fraction of sp³-hybridized carbons (Fsp3) is 0.739. The number of unbranched alkanes of at least 4 members (excludes halogenated alkanes) is 1. The van der Waals surface area contributed by atoms with E-state index in [1.165, 1.54) is 103 Å². The van der Waals surface area contributed by atoms with E-state index in [0.29, 0.717) is 0 Å². The summed E-state index contributed by atoms with van der Waals surface area (Å²) >= 11 is 0. The number of ether oxygens (including phenoxy) is 1. The van der Waals surface area contributed by atoms with Crippen LogP contribution in [0.25, 0.3) is 0 Å². The van der Waals surface area contributed by atoms with Crippen molar-refractivity contribution in [3.05, 3.63) is 29.3 Å². The molecule has 0 bridgehead atoms. The standard InChI is InChI=1S/C23H36N2O/c1-2-12-24(13-3-1)14-4-5-17-26-23-9-8-21-10-15-25(19-20-6-7-20)16-11-22(21)18-23/h8-9,18,20H,1-7,10-17,19H2. The molecule has 0 amide bonds. The second kappa shape index (κ2) is 9.23. The Morgan fingerprint density at radius 2 is 1.65 bits per heavy atom. The number of nitrogens with zero attached hydrogens (tertiary/aromatic N) is 2. The number of hydrogen-bond acceptors (Lipinski definition) is 3. The zero-order valence-electron chi connectivity index (χ0n) is 16.4. The molecule has 4 rings (SSSR count). The van der Waals surface area contributed by atoms with Crippen molar-refractivity contribution in [3.8, 4) is 5.75 Å². The van der Waals surface area contributed by atoms with Crippen molar-refractivity contribution in [2.24, 2.45) is 5.92 Å². The molecule has 0 radical (unpaired) electrons. The van der Waals surface area contributed by atoms with Gasteiger partial charge in [0, 0.05) is 19.6 Å². The predicted molar refractivity (Wildman–Crippen MR) is 108 cm³/mol. The van der Waals surface area contributed by atoms with Crippen LogP contribution in [0.2, 0.25) is 0 Å². The summed E-state index contributed by atoms with van der Waals surface area (Å²) in [4.78, 5) is 5.30. The topological polar surface area (TPSA) is 15.7 Å². The third-order valence-electron chi connectivity index (χ3n) is 6.37. The van der Waals surface area contributed by atoms with Crippen LogP contribution in [0.4, 0.5) is 0 Å². The molecule has 144 valence electrons. The van der Waals surface area contributed by atoms with Crippen LogP contribution >= 0.6 is 0 Å². The van der Waals surface area contributed by atoms with E-state index in [-0.39, 0.29) is 0 Å². The second-order valence-corrected chi connectivity index (χ2v) is 8.63. The number of piperidine rings is 1. The van der Waals surface area contributed by atoms with Crippen molar-refractivity contribution < 1.29 is 4.74 Å². The molecule has 1 saturated carbocycles. The van der Waals surface area contributed by atoms with Gasteiger partial charge in [0.2, 0.25) is 0 Å². The van der Waals surface area contributed by atoms with Gasteiger partial charge in [-0.15, -0.1) is 0 Å². The van der Waals surface area contributed by atoms with Crippen LogP contribution in [0.15, 0.2) is 18.2 Å². The highest BCUT2D eigenvalue weighted by atomic mass is 16.5. The maximum atomic E-state index is 6.07. The second-order valence-electron chi connectivity index (χ2n) is 8.63. The van der Waals surface area contributed by atoms with Gasteiger partial charge in [0.15, 0.2) is 0 Å². The van der Waals surface area contributed by atoms with Crippen LogP contribution in [-0.4, -0.2) is 55.7 Å². The molecule has 3 heteroatoms. The van der Waals surface area contributed by atoms with Gasteiger partial charge in [0.25, 0.3) is 0 Å². The van der Waals surface area contributed by atoms with E-state index in [4.69, 9.17) is 4.74 Å². The van der Waals surface area contributed by atoms with Crippen LogP contribution in [0.3, 0.4) is 0 Å². The molecule has 2 fully saturated rings. The lowest BCUT2D eigenvalue weighted by Crippen LogP contribution is -2.30. The molecule has 0 aromatic heterocycles. The van der Waals surface area contributed by atoms with Gasteiger partial charge in [-0.05, 0) is 100 Å². The zero-order valence-corrected chi connectivity index (χ0v) is 16.4. The normalized spacial score (nSPS) is 22.0. The summed E-state index contributed by atoms with van der Waals surface area (Å²) in [6.45, 7) is 8.52. The summed E-state index contributed by atoms with van der Waals surface area (Å²) in [6.07, 6.45) is 12.0. The van der Waals surface area contributed by atoms with E-state index in [0.717, 1.165) is 18.3 Å². The highest BCUT2D eigenvalue weighted by Crippen LogP contribution is 2.30. The van der Waals surface area contributed by atoms with Crippen molar-refractivity contribution in [2.75, 3.05) is 45.9 Å². The molecule has 3 aliphatic rings. The van der Waals surface area contributed by atoms with Gasteiger partial charge in [-0.1, -0.05) is 12.5 Å². The summed E-state index contributed by atoms with van der Waals surface area (Å²) in [7, 11) is 0. The van der Waals surface area contributed by atoms with Crippen molar-refractivity contribution in [3.63, 3.8) is 0 Å². The van der Waals surface area contributed by atoms with Gasteiger partial charge in [-0.3, -0.25) is 0 Å². The van der Waals surface area contributed by atoms with Crippen molar-refractivity contribution in [2.45, 2.75) is 57.8 Å². The molecular formula is C23H36N2O. The summed E-state index contributed by atoms with van der Waals surface area (Å²) in [5.74, 6) is 2.08. The van der Waals surface area contributed by atoms with Crippen molar-refractivity contribution in [1.82, 2.24) is 9.80 Å². The van der Waals surface area contributed by atoms with Gasteiger partial charge in [-0.2, -0.15) is 0 Å². The van der Waals surface area contributed by atoms with Crippen LogP contribution in [0.5, 0.6) is 5.75 Å². The highest BCUT2D eigenvalue weighted by molar-refractivity contribution is 5.36. The molecule has 2 heterocycles. The summed E-state index contributed by atoms with van der Waals surface area (Å²) < 4.78 is 6.07. The lowest BCUT2D eigenvalue weighted by Gasteiger charge is -2.26. The van der Waals surface area contributed by atoms with E-state index >= 15 is 0 Å². The quantitative estimate of drug-likeness (QED) is 0.651. The lowest BCUT2D eigenvalue weighted by atomic mass is 10.0. The minimum Gasteiger partial charge on any atom is -0.494 e. The summed E-state index contributed by atoms with van der Waals surface area (Å²) in [6, 6.07) is 6.83. The molecule has 0 spiro atoms. The van der Waals surface area contributed by atoms with Crippen molar-refractivity contribution in [1.29, 1.82) is 0 Å². The zero-order chi connectivity index (χ0) is 17.6. The SMILES string of the molecule is c1cc2c(cc1OCCCCN1CCCCC1)CCN(CC1CC1)CC2. The van der Waals surface area contributed by atoms with E-state index < -0.39 is 0 Å². The minimum absolute atomic E-state index is 0.862. The van der Waals surface area contributed by atoms with Gasteiger partial charge in [0.05, 0.1) is 6.61 Å². The van der Waals surface area contributed by atoms with E-state index in [9.17, 15) is 0 Å². The fourth-order valence-corrected chi connectivity index (χ4v) is 4.50. The van der Waals surface area contributed by atoms with Crippen molar-refractivity contribution >= 4 is 0 Å². The van der Waals surface area contributed by atoms with Crippen LogP contribution in [0.1, 0.15) is 56.1 Å². The molecule has 0 atom stereocenters. The first-order valence-electron chi connectivity index (χ1n) is 11.1. The number of rotatable bonds is 8. The Hall–Kier alpha value is -1.06.